The average Bonchev–Trinajstić information content (AvgIpc) is 3.10. The van der Waals surface area contributed by atoms with E-state index in [-0.39, 0.29) is 11.7 Å². The highest BCUT2D eigenvalue weighted by atomic mass is 79.9. The third kappa shape index (κ3) is 3.84. The molecule has 0 bridgehead atoms. The van der Waals surface area contributed by atoms with Crippen molar-refractivity contribution in [3.05, 3.63) is 81.8 Å². The van der Waals surface area contributed by atoms with E-state index in [0.29, 0.717) is 43.0 Å². The van der Waals surface area contributed by atoms with Crippen LogP contribution in [0.25, 0.3) is 5.69 Å². The van der Waals surface area contributed by atoms with Gasteiger partial charge in [0, 0.05) is 17.7 Å². The van der Waals surface area contributed by atoms with Crippen molar-refractivity contribution in [2.45, 2.75) is 25.3 Å². The van der Waals surface area contributed by atoms with Gasteiger partial charge in [-0.15, -0.1) is 0 Å². The molecule has 2 heterocycles. The van der Waals surface area contributed by atoms with E-state index >= 15 is 0 Å². The Kier molecular flexibility index (Phi) is 5.52. The molecule has 1 aromatic heterocycles. The summed E-state index contributed by atoms with van der Waals surface area (Å²) in [6.45, 7) is 2.91. The number of halogens is 2. The van der Waals surface area contributed by atoms with Gasteiger partial charge < -0.3 is 10.1 Å². The maximum Gasteiger partial charge on any atom is 0.255 e. The van der Waals surface area contributed by atoms with Crippen LogP contribution in [-0.2, 0) is 10.3 Å². The number of hydrogen-bond donors (Lipinski definition) is 1. The zero-order valence-electron chi connectivity index (χ0n) is 16.0. The molecule has 0 atom stereocenters. The number of aromatic nitrogens is 2. The molecule has 150 valence electrons. The Labute approximate surface area is 177 Å². The number of benzene rings is 2. The molecule has 29 heavy (non-hydrogen) atoms. The van der Waals surface area contributed by atoms with Crippen LogP contribution >= 0.6 is 15.9 Å². The van der Waals surface area contributed by atoms with Gasteiger partial charge in [-0.2, -0.15) is 5.10 Å². The number of rotatable bonds is 4. The molecule has 0 spiro atoms. The second-order valence-electron chi connectivity index (χ2n) is 7.17. The summed E-state index contributed by atoms with van der Waals surface area (Å²) in [5.41, 5.74) is 1.84. The van der Waals surface area contributed by atoms with Gasteiger partial charge in [0.05, 0.1) is 23.0 Å². The normalized spacial score (nSPS) is 15.8. The molecule has 4 rings (SSSR count). The lowest BCUT2D eigenvalue weighted by molar-refractivity contribution is 0.0345. The summed E-state index contributed by atoms with van der Waals surface area (Å²) in [6, 6.07) is 14.3. The van der Waals surface area contributed by atoms with E-state index in [9.17, 15) is 9.18 Å². The Hall–Kier alpha value is -2.51. The molecule has 5 nitrogen and oxygen atoms in total. The van der Waals surface area contributed by atoms with Crippen LogP contribution in [0.5, 0.6) is 0 Å². The highest BCUT2D eigenvalue weighted by molar-refractivity contribution is 9.10. The molecule has 1 aliphatic rings. The smallest absolute Gasteiger partial charge is 0.255 e. The second-order valence-corrected chi connectivity index (χ2v) is 8.08. The summed E-state index contributed by atoms with van der Waals surface area (Å²) in [6.07, 6.45) is 2.84. The molecule has 3 aromatic rings. The number of carbonyl (C=O) groups excluding carboxylic acids is 1. The Bertz CT molecular complexity index is 1040. The van der Waals surface area contributed by atoms with Gasteiger partial charge >= 0.3 is 0 Å². The number of nitrogens with zero attached hydrogens (tertiary/aromatic N) is 2. The summed E-state index contributed by atoms with van der Waals surface area (Å²) in [4.78, 5) is 13.2. The summed E-state index contributed by atoms with van der Waals surface area (Å²) in [5, 5.41) is 7.48. The quantitative estimate of drug-likeness (QED) is 0.626. The van der Waals surface area contributed by atoms with E-state index in [1.54, 1.807) is 25.1 Å². The maximum atomic E-state index is 14.2. The number of amides is 1. The van der Waals surface area contributed by atoms with Gasteiger partial charge in [0.1, 0.15) is 11.5 Å². The van der Waals surface area contributed by atoms with Crippen LogP contribution < -0.4 is 5.32 Å². The zero-order valence-corrected chi connectivity index (χ0v) is 17.6. The number of hydrogen-bond acceptors (Lipinski definition) is 3. The zero-order chi connectivity index (χ0) is 20.4. The van der Waals surface area contributed by atoms with Crippen LogP contribution in [0.15, 0.2) is 59.2 Å². The van der Waals surface area contributed by atoms with E-state index < -0.39 is 5.54 Å². The van der Waals surface area contributed by atoms with Crippen LogP contribution in [0.3, 0.4) is 0 Å². The van der Waals surface area contributed by atoms with Gasteiger partial charge in [-0.25, -0.2) is 9.07 Å². The predicted octanol–water partition coefficient (Wildman–Crippen LogP) is 4.52. The van der Waals surface area contributed by atoms with Gasteiger partial charge in [-0.1, -0.05) is 40.2 Å². The lowest BCUT2D eigenvalue weighted by Crippen LogP contribution is -2.49. The summed E-state index contributed by atoms with van der Waals surface area (Å²) in [7, 11) is 0. The summed E-state index contributed by atoms with van der Waals surface area (Å²) < 4.78 is 22.1. The third-order valence-corrected chi connectivity index (χ3v) is 5.90. The first-order valence-electron chi connectivity index (χ1n) is 9.46. The van der Waals surface area contributed by atoms with Crippen LogP contribution in [0.4, 0.5) is 4.39 Å². The Morgan fingerprint density at radius 1 is 1.21 bits per heavy atom. The van der Waals surface area contributed by atoms with E-state index in [4.69, 9.17) is 4.74 Å². The SMILES string of the molecule is Cc1c(C(=O)NC2(c3cccc(Br)c3)CCOCC2)cnn1-c1ccccc1F. The van der Waals surface area contributed by atoms with Crippen molar-refractivity contribution >= 4 is 21.8 Å². The number of nitrogens with one attached hydrogen (secondary N) is 1. The fourth-order valence-corrected chi connectivity index (χ4v) is 4.17. The molecule has 0 radical (unpaired) electrons. The Balaban J connectivity index is 1.66. The van der Waals surface area contributed by atoms with Crippen LogP contribution in [0, 0.1) is 12.7 Å². The molecule has 0 aliphatic carbocycles. The topological polar surface area (TPSA) is 56.1 Å². The minimum Gasteiger partial charge on any atom is -0.381 e. The minimum absolute atomic E-state index is 0.230. The molecule has 1 saturated heterocycles. The Morgan fingerprint density at radius 2 is 1.97 bits per heavy atom. The van der Waals surface area contributed by atoms with Crippen molar-refractivity contribution in [1.82, 2.24) is 15.1 Å². The minimum atomic E-state index is -0.522. The molecule has 1 fully saturated rings. The molecule has 2 aromatic carbocycles. The number of para-hydroxylation sites is 1. The monoisotopic (exact) mass is 457 g/mol. The fourth-order valence-electron chi connectivity index (χ4n) is 3.78. The van der Waals surface area contributed by atoms with E-state index in [1.165, 1.54) is 16.9 Å². The predicted molar refractivity (Wildman–Crippen MR) is 112 cm³/mol. The van der Waals surface area contributed by atoms with Gasteiger partial charge in [0.15, 0.2) is 0 Å². The fraction of sp³-hybridized carbons (Fsp3) is 0.273. The largest absolute Gasteiger partial charge is 0.381 e. The third-order valence-electron chi connectivity index (χ3n) is 5.41. The molecule has 1 amide bonds. The van der Waals surface area contributed by atoms with Gasteiger partial charge in [0.2, 0.25) is 0 Å². The van der Waals surface area contributed by atoms with Crippen molar-refractivity contribution in [3.8, 4) is 5.69 Å². The standard InChI is InChI=1S/C22H21BrFN3O2/c1-15-18(14-25-27(15)20-8-3-2-7-19(20)24)21(28)26-22(9-11-29-12-10-22)16-5-4-6-17(23)13-16/h2-8,13-14H,9-12H2,1H3,(H,26,28). The highest BCUT2D eigenvalue weighted by Gasteiger charge is 2.37. The second kappa shape index (κ2) is 8.08. The van der Waals surface area contributed by atoms with Crippen LogP contribution in [0.1, 0.15) is 34.5 Å². The molecular weight excluding hydrogens is 437 g/mol. The van der Waals surface area contributed by atoms with E-state index in [2.05, 4.69) is 26.3 Å². The molecule has 7 heteroatoms. The van der Waals surface area contributed by atoms with E-state index in [1.807, 2.05) is 24.3 Å². The Morgan fingerprint density at radius 3 is 2.69 bits per heavy atom. The molecular formula is C22H21BrFN3O2. The van der Waals surface area contributed by atoms with Gasteiger partial charge in [-0.3, -0.25) is 4.79 Å². The van der Waals surface area contributed by atoms with Gasteiger partial charge in [-0.05, 0) is 49.6 Å². The molecule has 0 unspecified atom stereocenters. The van der Waals surface area contributed by atoms with Crippen molar-refractivity contribution < 1.29 is 13.9 Å². The molecule has 1 aliphatic heterocycles. The molecule has 0 saturated carbocycles. The van der Waals surface area contributed by atoms with Gasteiger partial charge in [0.25, 0.3) is 5.91 Å². The first-order valence-corrected chi connectivity index (χ1v) is 10.3. The van der Waals surface area contributed by atoms with Crippen molar-refractivity contribution in [2.24, 2.45) is 0 Å². The average molecular weight is 458 g/mol. The van der Waals surface area contributed by atoms with Crippen LogP contribution in [0.2, 0.25) is 0 Å². The van der Waals surface area contributed by atoms with Crippen molar-refractivity contribution in [2.75, 3.05) is 13.2 Å². The molecule has 1 N–H and O–H groups in total. The first kappa shape index (κ1) is 19.8. The van der Waals surface area contributed by atoms with Crippen molar-refractivity contribution in [1.29, 1.82) is 0 Å². The number of carbonyl (C=O) groups is 1. The first-order chi connectivity index (χ1) is 14.0. The summed E-state index contributed by atoms with van der Waals surface area (Å²) >= 11 is 3.52. The lowest BCUT2D eigenvalue weighted by Gasteiger charge is -2.38. The lowest BCUT2D eigenvalue weighted by atomic mass is 9.82. The number of ether oxygens (including phenoxy) is 1. The highest BCUT2D eigenvalue weighted by Crippen LogP contribution is 2.34. The van der Waals surface area contributed by atoms with E-state index in [0.717, 1.165) is 10.0 Å². The van der Waals surface area contributed by atoms with Crippen molar-refractivity contribution in [3.63, 3.8) is 0 Å². The maximum absolute atomic E-state index is 14.2. The van der Waals surface area contributed by atoms with Crippen LogP contribution in [-0.4, -0.2) is 28.9 Å². The summed E-state index contributed by atoms with van der Waals surface area (Å²) in [5.74, 6) is -0.618.